The van der Waals surface area contributed by atoms with Crippen LogP contribution in [-0.4, -0.2) is 37.9 Å². The van der Waals surface area contributed by atoms with Crippen molar-refractivity contribution in [3.8, 4) is 5.88 Å². The quantitative estimate of drug-likeness (QED) is 0.820. The van der Waals surface area contributed by atoms with Gasteiger partial charge in [0.1, 0.15) is 0 Å². The third-order valence-electron chi connectivity index (χ3n) is 3.30. The summed E-state index contributed by atoms with van der Waals surface area (Å²) >= 11 is 0. The zero-order valence-corrected chi connectivity index (χ0v) is 14.3. The summed E-state index contributed by atoms with van der Waals surface area (Å²) in [5.41, 5.74) is 1.76. The highest BCUT2D eigenvalue weighted by Gasteiger charge is 2.29. The zero-order chi connectivity index (χ0) is 19.2. The molecule has 0 fully saturated rings. The number of urea groups is 1. The molecule has 0 atom stereocenters. The number of carbonyl (C=O) groups excluding carboxylic acids is 1. The molecule has 1 heterocycles. The minimum absolute atomic E-state index is 0.0308. The number of para-hydroxylation sites is 2. The molecule has 0 aliphatic rings. The summed E-state index contributed by atoms with van der Waals surface area (Å²) in [5.74, 6) is -0.168. The maximum atomic E-state index is 12.3. The number of alkyl halides is 3. The predicted octanol–water partition coefficient (Wildman–Crippen LogP) is 3.41. The van der Waals surface area contributed by atoms with Crippen molar-refractivity contribution in [3.63, 3.8) is 0 Å². The Bertz CT molecular complexity index is 751. The maximum absolute atomic E-state index is 12.3. The second kappa shape index (κ2) is 8.41. The van der Waals surface area contributed by atoms with E-state index >= 15 is 0 Å². The van der Waals surface area contributed by atoms with Crippen LogP contribution in [0, 0.1) is 0 Å². The van der Waals surface area contributed by atoms with Gasteiger partial charge in [0.05, 0.1) is 11.4 Å². The lowest BCUT2D eigenvalue weighted by Crippen LogP contribution is -2.29. The number of carbonyl (C=O) groups is 1. The SMILES string of the molecule is CN(C)c1ccccc1NC(=O)NCc1cccnc1OCC(F)(F)F. The average molecular weight is 368 g/mol. The van der Waals surface area contributed by atoms with Gasteiger partial charge in [-0.15, -0.1) is 0 Å². The van der Waals surface area contributed by atoms with Crippen LogP contribution in [0.2, 0.25) is 0 Å². The van der Waals surface area contributed by atoms with E-state index in [1.165, 1.54) is 12.3 Å². The van der Waals surface area contributed by atoms with Gasteiger partial charge in [0.25, 0.3) is 0 Å². The van der Waals surface area contributed by atoms with Crippen molar-refractivity contribution in [2.75, 3.05) is 30.9 Å². The smallest absolute Gasteiger partial charge is 0.422 e. The highest BCUT2D eigenvalue weighted by atomic mass is 19.4. The van der Waals surface area contributed by atoms with E-state index in [1.807, 2.05) is 31.1 Å². The molecule has 0 aliphatic heterocycles. The molecular formula is C17H19F3N4O2. The van der Waals surface area contributed by atoms with E-state index in [0.717, 1.165) is 5.69 Å². The van der Waals surface area contributed by atoms with Gasteiger partial charge in [-0.1, -0.05) is 18.2 Å². The third-order valence-corrected chi connectivity index (χ3v) is 3.30. The lowest BCUT2D eigenvalue weighted by molar-refractivity contribution is -0.154. The van der Waals surface area contributed by atoms with Crippen molar-refractivity contribution in [3.05, 3.63) is 48.2 Å². The van der Waals surface area contributed by atoms with Crippen LogP contribution >= 0.6 is 0 Å². The molecule has 2 rings (SSSR count). The second-order valence-electron chi connectivity index (χ2n) is 5.59. The number of hydrogen-bond acceptors (Lipinski definition) is 4. The number of hydrogen-bond donors (Lipinski definition) is 2. The van der Waals surface area contributed by atoms with Crippen LogP contribution < -0.4 is 20.3 Å². The Balaban J connectivity index is 1.98. The Labute approximate surface area is 149 Å². The van der Waals surface area contributed by atoms with Crippen LogP contribution in [0.4, 0.5) is 29.3 Å². The van der Waals surface area contributed by atoms with E-state index in [9.17, 15) is 18.0 Å². The number of ether oxygens (including phenoxy) is 1. The van der Waals surface area contributed by atoms with E-state index in [1.54, 1.807) is 18.2 Å². The van der Waals surface area contributed by atoms with E-state index in [0.29, 0.717) is 11.3 Å². The summed E-state index contributed by atoms with van der Waals surface area (Å²) in [5, 5.41) is 5.29. The van der Waals surface area contributed by atoms with Gasteiger partial charge in [-0.2, -0.15) is 13.2 Å². The number of aromatic nitrogens is 1. The molecule has 0 bridgehead atoms. The second-order valence-corrected chi connectivity index (χ2v) is 5.59. The summed E-state index contributed by atoms with van der Waals surface area (Å²) in [6.07, 6.45) is -3.14. The first kappa shape index (κ1) is 19.4. The molecular weight excluding hydrogens is 349 g/mol. The lowest BCUT2D eigenvalue weighted by atomic mass is 10.2. The number of anilines is 2. The van der Waals surface area contributed by atoms with E-state index < -0.39 is 18.8 Å². The van der Waals surface area contributed by atoms with Crippen molar-refractivity contribution in [2.45, 2.75) is 12.7 Å². The maximum Gasteiger partial charge on any atom is 0.422 e. The molecule has 0 saturated carbocycles. The van der Waals surface area contributed by atoms with Gasteiger partial charge >= 0.3 is 12.2 Å². The number of pyridine rings is 1. The lowest BCUT2D eigenvalue weighted by Gasteiger charge is -2.18. The number of rotatable bonds is 6. The normalized spacial score (nSPS) is 11.0. The number of benzene rings is 1. The molecule has 1 aromatic carbocycles. The van der Waals surface area contributed by atoms with E-state index in [4.69, 9.17) is 0 Å². The van der Waals surface area contributed by atoms with Crippen LogP contribution in [0.15, 0.2) is 42.6 Å². The van der Waals surface area contributed by atoms with E-state index in [2.05, 4.69) is 20.4 Å². The molecule has 0 unspecified atom stereocenters. The summed E-state index contributed by atoms with van der Waals surface area (Å²) in [6, 6.07) is 9.82. The topological polar surface area (TPSA) is 66.5 Å². The average Bonchev–Trinajstić information content (AvgIpc) is 2.58. The first-order valence-corrected chi connectivity index (χ1v) is 7.71. The Morgan fingerprint density at radius 3 is 2.62 bits per heavy atom. The Morgan fingerprint density at radius 2 is 1.92 bits per heavy atom. The number of nitrogens with zero attached hydrogens (tertiary/aromatic N) is 2. The monoisotopic (exact) mass is 368 g/mol. The van der Waals surface area contributed by atoms with Crippen molar-refractivity contribution in [2.24, 2.45) is 0 Å². The molecule has 140 valence electrons. The van der Waals surface area contributed by atoms with Gasteiger partial charge in [0.2, 0.25) is 5.88 Å². The summed E-state index contributed by atoms with van der Waals surface area (Å²) < 4.78 is 41.6. The fourth-order valence-electron chi connectivity index (χ4n) is 2.15. The fourth-order valence-corrected chi connectivity index (χ4v) is 2.15. The largest absolute Gasteiger partial charge is 0.468 e. The molecule has 26 heavy (non-hydrogen) atoms. The van der Waals surface area contributed by atoms with Crippen LogP contribution in [0.25, 0.3) is 0 Å². The Kier molecular flexibility index (Phi) is 6.26. The van der Waals surface area contributed by atoms with Crippen molar-refractivity contribution < 1.29 is 22.7 Å². The first-order chi connectivity index (χ1) is 12.3. The molecule has 0 saturated heterocycles. The number of nitrogens with one attached hydrogen (secondary N) is 2. The zero-order valence-electron chi connectivity index (χ0n) is 14.3. The predicted molar refractivity (Wildman–Crippen MR) is 92.4 cm³/mol. The Morgan fingerprint density at radius 1 is 1.19 bits per heavy atom. The highest BCUT2D eigenvalue weighted by molar-refractivity contribution is 5.93. The number of amides is 2. The highest BCUT2D eigenvalue weighted by Crippen LogP contribution is 2.23. The van der Waals surface area contributed by atoms with Crippen molar-refractivity contribution in [1.82, 2.24) is 10.3 Å². The third kappa shape index (κ3) is 5.83. The fraction of sp³-hybridized carbons (Fsp3) is 0.294. The molecule has 0 aliphatic carbocycles. The van der Waals surface area contributed by atoms with Crippen LogP contribution in [-0.2, 0) is 6.54 Å². The molecule has 0 spiro atoms. The molecule has 0 radical (unpaired) electrons. The summed E-state index contributed by atoms with van der Waals surface area (Å²) in [4.78, 5) is 17.7. The van der Waals surface area contributed by atoms with Gasteiger partial charge in [0, 0.05) is 32.4 Å². The summed E-state index contributed by atoms with van der Waals surface area (Å²) in [7, 11) is 3.69. The van der Waals surface area contributed by atoms with Gasteiger partial charge in [-0.3, -0.25) is 0 Å². The van der Waals surface area contributed by atoms with Crippen molar-refractivity contribution >= 4 is 17.4 Å². The minimum Gasteiger partial charge on any atom is -0.468 e. The van der Waals surface area contributed by atoms with Crippen LogP contribution in [0.5, 0.6) is 5.88 Å². The first-order valence-electron chi connectivity index (χ1n) is 7.71. The molecule has 2 aromatic rings. The molecule has 2 amide bonds. The van der Waals surface area contributed by atoms with Gasteiger partial charge in [0.15, 0.2) is 6.61 Å². The van der Waals surface area contributed by atoms with Gasteiger partial charge in [-0.25, -0.2) is 9.78 Å². The molecule has 1 aromatic heterocycles. The van der Waals surface area contributed by atoms with Crippen LogP contribution in [0.3, 0.4) is 0 Å². The number of halogens is 3. The van der Waals surface area contributed by atoms with Gasteiger partial charge in [-0.05, 0) is 18.2 Å². The summed E-state index contributed by atoms with van der Waals surface area (Å²) in [6.45, 7) is -1.48. The minimum atomic E-state index is -4.46. The van der Waals surface area contributed by atoms with E-state index in [-0.39, 0.29) is 12.4 Å². The van der Waals surface area contributed by atoms with Gasteiger partial charge < -0.3 is 20.3 Å². The van der Waals surface area contributed by atoms with Crippen LogP contribution in [0.1, 0.15) is 5.56 Å². The Hall–Kier alpha value is -2.97. The molecule has 6 nitrogen and oxygen atoms in total. The standard InChI is InChI=1S/C17H19F3N4O2/c1-24(2)14-8-4-3-7-13(14)23-16(25)22-10-12-6-5-9-21-15(12)26-11-17(18,19)20/h3-9H,10-11H2,1-2H3,(H2,22,23,25). The van der Waals surface area contributed by atoms with Crippen molar-refractivity contribution in [1.29, 1.82) is 0 Å². The molecule has 2 N–H and O–H groups in total. The molecule has 9 heteroatoms.